The van der Waals surface area contributed by atoms with Gasteiger partial charge in [-0.15, -0.1) is 0 Å². The predicted molar refractivity (Wildman–Crippen MR) is 43.5 cm³/mol. The van der Waals surface area contributed by atoms with Gasteiger partial charge in [-0.05, 0) is 6.07 Å². The number of rotatable bonds is 0. The monoisotopic (exact) mass is 167 g/mol. The summed E-state index contributed by atoms with van der Waals surface area (Å²) in [4.78, 5) is 8.19. The fourth-order valence-corrected chi connectivity index (χ4v) is 1.13. The molecule has 0 aromatic carbocycles. The van der Waals surface area contributed by atoms with Gasteiger partial charge in [0.2, 0.25) is 0 Å². The quantitative estimate of drug-likeness (QED) is 0.597. The Morgan fingerprint density at radius 2 is 2.36 bits per heavy atom. The third kappa shape index (κ3) is 0.973. The molecule has 2 aromatic heterocycles. The standard InChI is InChI=1S/C7H6ClN3/c1-11-3-2-5-7(11)10-6(8)4-9-5/h2-4H,1H3. The Hall–Kier alpha value is -1.09. The molecule has 0 amide bonds. The number of hydrogen-bond donors (Lipinski definition) is 0. The second kappa shape index (κ2) is 2.20. The van der Waals surface area contributed by atoms with Gasteiger partial charge in [0.1, 0.15) is 10.7 Å². The predicted octanol–water partition coefficient (Wildman–Crippen LogP) is 1.62. The fourth-order valence-electron chi connectivity index (χ4n) is 0.998. The van der Waals surface area contributed by atoms with Crippen molar-refractivity contribution < 1.29 is 0 Å². The molecule has 0 N–H and O–H groups in total. The summed E-state index contributed by atoms with van der Waals surface area (Å²) in [5.41, 5.74) is 1.69. The maximum Gasteiger partial charge on any atom is 0.160 e. The third-order valence-electron chi connectivity index (χ3n) is 1.54. The van der Waals surface area contributed by atoms with Crippen molar-refractivity contribution in [2.45, 2.75) is 0 Å². The van der Waals surface area contributed by atoms with E-state index >= 15 is 0 Å². The number of aryl methyl sites for hydroxylation is 1. The van der Waals surface area contributed by atoms with Gasteiger partial charge in [-0.25, -0.2) is 9.97 Å². The Morgan fingerprint density at radius 1 is 1.55 bits per heavy atom. The van der Waals surface area contributed by atoms with E-state index in [-0.39, 0.29) is 0 Å². The van der Waals surface area contributed by atoms with Crippen LogP contribution in [0.5, 0.6) is 0 Å². The molecule has 0 saturated heterocycles. The van der Waals surface area contributed by atoms with E-state index in [0.29, 0.717) is 5.15 Å². The molecule has 3 nitrogen and oxygen atoms in total. The van der Waals surface area contributed by atoms with Crippen LogP contribution in [-0.2, 0) is 7.05 Å². The zero-order chi connectivity index (χ0) is 7.84. The molecule has 0 aliphatic carbocycles. The minimum atomic E-state index is 0.430. The third-order valence-corrected chi connectivity index (χ3v) is 1.72. The van der Waals surface area contributed by atoms with Gasteiger partial charge in [0, 0.05) is 13.2 Å². The van der Waals surface area contributed by atoms with Gasteiger partial charge in [-0.3, -0.25) is 0 Å². The van der Waals surface area contributed by atoms with Crippen molar-refractivity contribution in [2.75, 3.05) is 0 Å². The van der Waals surface area contributed by atoms with Crippen molar-refractivity contribution in [3.05, 3.63) is 23.6 Å². The lowest BCUT2D eigenvalue weighted by Crippen LogP contribution is -1.88. The minimum absolute atomic E-state index is 0.430. The van der Waals surface area contributed by atoms with E-state index in [1.807, 2.05) is 23.9 Å². The first-order valence-electron chi connectivity index (χ1n) is 3.21. The summed E-state index contributed by atoms with van der Waals surface area (Å²) in [6.07, 6.45) is 3.45. The first-order valence-corrected chi connectivity index (χ1v) is 3.59. The molecule has 0 radical (unpaired) electrons. The maximum absolute atomic E-state index is 5.66. The van der Waals surface area contributed by atoms with E-state index in [9.17, 15) is 0 Å². The van der Waals surface area contributed by atoms with E-state index in [2.05, 4.69) is 9.97 Å². The Kier molecular flexibility index (Phi) is 1.32. The number of halogens is 1. The van der Waals surface area contributed by atoms with Crippen LogP contribution in [-0.4, -0.2) is 14.5 Å². The number of nitrogens with zero attached hydrogens (tertiary/aromatic N) is 3. The van der Waals surface area contributed by atoms with Gasteiger partial charge < -0.3 is 4.57 Å². The molecule has 0 atom stereocenters. The molecule has 0 bridgehead atoms. The van der Waals surface area contributed by atoms with Crippen molar-refractivity contribution in [3.8, 4) is 0 Å². The van der Waals surface area contributed by atoms with Crippen molar-refractivity contribution in [1.29, 1.82) is 0 Å². The summed E-state index contributed by atoms with van der Waals surface area (Å²) in [6, 6.07) is 1.90. The molecule has 4 heteroatoms. The van der Waals surface area contributed by atoms with Crippen LogP contribution in [0.25, 0.3) is 11.2 Å². The van der Waals surface area contributed by atoms with Gasteiger partial charge in [-0.2, -0.15) is 0 Å². The lowest BCUT2D eigenvalue weighted by Gasteiger charge is -1.93. The summed E-state index contributed by atoms with van der Waals surface area (Å²) in [5.74, 6) is 0. The Balaban J connectivity index is 2.87. The van der Waals surface area contributed by atoms with Gasteiger partial charge in [0.05, 0.1) is 6.20 Å². The zero-order valence-electron chi connectivity index (χ0n) is 5.95. The molecule has 0 spiro atoms. The smallest absolute Gasteiger partial charge is 0.160 e. The average molecular weight is 168 g/mol. The van der Waals surface area contributed by atoms with Crippen molar-refractivity contribution in [3.63, 3.8) is 0 Å². The van der Waals surface area contributed by atoms with Gasteiger partial charge in [0.15, 0.2) is 5.65 Å². The SMILES string of the molecule is Cn1ccc2ncc(Cl)nc21. The van der Waals surface area contributed by atoms with Crippen molar-refractivity contribution in [1.82, 2.24) is 14.5 Å². The van der Waals surface area contributed by atoms with Crippen LogP contribution in [0.1, 0.15) is 0 Å². The summed E-state index contributed by atoms with van der Waals surface area (Å²) in [7, 11) is 1.91. The van der Waals surface area contributed by atoms with Gasteiger partial charge in [-0.1, -0.05) is 11.6 Å². The molecule has 2 rings (SSSR count). The van der Waals surface area contributed by atoms with Gasteiger partial charge >= 0.3 is 0 Å². The first-order chi connectivity index (χ1) is 5.27. The highest BCUT2D eigenvalue weighted by molar-refractivity contribution is 6.29. The number of hydrogen-bond acceptors (Lipinski definition) is 2. The van der Waals surface area contributed by atoms with Crippen LogP contribution < -0.4 is 0 Å². The molecule has 56 valence electrons. The van der Waals surface area contributed by atoms with E-state index in [1.165, 1.54) is 0 Å². The molecule has 0 aliphatic rings. The highest BCUT2D eigenvalue weighted by Crippen LogP contribution is 2.11. The second-order valence-corrected chi connectivity index (χ2v) is 2.72. The van der Waals surface area contributed by atoms with E-state index in [0.717, 1.165) is 11.2 Å². The van der Waals surface area contributed by atoms with Crippen molar-refractivity contribution in [2.24, 2.45) is 7.05 Å². The normalized spacial score (nSPS) is 10.7. The second-order valence-electron chi connectivity index (χ2n) is 2.33. The minimum Gasteiger partial charge on any atom is -0.334 e. The Bertz CT molecular complexity index is 393. The largest absolute Gasteiger partial charge is 0.334 e. The van der Waals surface area contributed by atoms with Crippen LogP contribution in [0.3, 0.4) is 0 Å². The van der Waals surface area contributed by atoms with Crippen LogP contribution >= 0.6 is 11.6 Å². The molecule has 11 heavy (non-hydrogen) atoms. The van der Waals surface area contributed by atoms with E-state index in [1.54, 1.807) is 6.20 Å². The average Bonchev–Trinajstić information content (AvgIpc) is 2.33. The zero-order valence-corrected chi connectivity index (χ0v) is 6.71. The van der Waals surface area contributed by atoms with Crippen LogP contribution in [0, 0.1) is 0 Å². The highest BCUT2D eigenvalue weighted by atomic mass is 35.5. The number of fused-ring (bicyclic) bond motifs is 1. The van der Waals surface area contributed by atoms with E-state index in [4.69, 9.17) is 11.6 Å². The molecule has 0 fully saturated rings. The topological polar surface area (TPSA) is 30.7 Å². The fraction of sp³-hybridized carbons (Fsp3) is 0.143. The van der Waals surface area contributed by atoms with Gasteiger partial charge in [0.25, 0.3) is 0 Å². The molecular formula is C7H6ClN3. The molecule has 2 aromatic rings. The molecular weight excluding hydrogens is 162 g/mol. The lowest BCUT2D eigenvalue weighted by atomic mass is 10.5. The van der Waals surface area contributed by atoms with E-state index < -0.39 is 0 Å². The maximum atomic E-state index is 5.66. The Labute approximate surface area is 68.6 Å². The molecule has 0 unspecified atom stereocenters. The number of aromatic nitrogens is 3. The lowest BCUT2D eigenvalue weighted by molar-refractivity contribution is 0.946. The summed E-state index contributed by atoms with van der Waals surface area (Å²) < 4.78 is 1.88. The summed E-state index contributed by atoms with van der Waals surface area (Å²) >= 11 is 5.66. The van der Waals surface area contributed by atoms with Crippen LogP contribution in [0.4, 0.5) is 0 Å². The van der Waals surface area contributed by atoms with Crippen LogP contribution in [0.2, 0.25) is 5.15 Å². The van der Waals surface area contributed by atoms with Crippen LogP contribution in [0.15, 0.2) is 18.5 Å². The summed E-state index contributed by atoms with van der Waals surface area (Å²) in [5, 5.41) is 0.430. The molecule has 0 saturated carbocycles. The first kappa shape index (κ1) is 6.61. The Morgan fingerprint density at radius 3 is 3.18 bits per heavy atom. The van der Waals surface area contributed by atoms with Crippen molar-refractivity contribution >= 4 is 22.8 Å². The highest BCUT2D eigenvalue weighted by Gasteiger charge is 1.99. The summed E-state index contributed by atoms with van der Waals surface area (Å²) in [6.45, 7) is 0. The molecule has 0 aliphatic heterocycles. The molecule has 2 heterocycles.